The zero-order valence-electron chi connectivity index (χ0n) is 15.5. The molecule has 2 rings (SSSR count). The number of hydrogen-bond acceptors (Lipinski definition) is 6. The summed E-state index contributed by atoms with van der Waals surface area (Å²) < 4.78 is 1.07. The Morgan fingerprint density at radius 1 is 1.00 bits per heavy atom. The molecule has 0 aliphatic heterocycles. The van der Waals surface area contributed by atoms with E-state index in [4.69, 9.17) is 39.6 Å². The highest BCUT2D eigenvalue weighted by atomic mass is 79.9. The highest BCUT2D eigenvalue weighted by molar-refractivity contribution is 9.10. The van der Waals surface area contributed by atoms with Gasteiger partial charge in [-0.25, -0.2) is 24.2 Å². The number of aliphatic carboxylic acids is 4. The van der Waals surface area contributed by atoms with E-state index in [1.54, 1.807) is 0 Å². The lowest BCUT2D eigenvalue weighted by Crippen LogP contribution is -2.15. The van der Waals surface area contributed by atoms with Crippen LogP contribution in [0.25, 0.3) is 11.4 Å². The molecule has 12 heteroatoms. The molecule has 0 spiro atoms. The molecule has 11 nitrogen and oxygen atoms in total. The summed E-state index contributed by atoms with van der Waals surface area (Å²) in [5.41, 5.74) is 2.28. The number of nitrogens with zero attached hydrogens (tertiary/aromatic N) is 2. The Morgan fingerprint density at radius 2 is 1.52 bits per heavy atom. The van der Waals surface area contributed by atoms with E-state index in [9.17, 15) is 0 Å². The summed E-state index contributed by atoms with van der Waals surface area (Å²) in [5, 5.41) is 29.6. The van der Waals surface area contributed by atoms with Crippen LogP contribution in [0.5, 0.6) is 0 Å². The quantitative estimate of drug-likeness (QED) is 0.405. The van der Waals surface area contributed by atoms with Gasteiger partial charge in [0.05, 0.1) is 0 Å². The number of carbonyl (C=O) groups is 4. The Labute approximate surface area is 173 Å². The highest BCUT2D eigenvalue weighted by Crippen LogP contribution is 2.20. The van der Waals surface area contributed by atoms with Gasteiger partial charge in [-0.15, -0.1) is 0 Å². The van der Waals surface area contributed by atoms with Crippen molar-refractivity contribution in [3.63, 3.8) is 0 Å². The first-order valence-corrected chi connectivity index (χ1v) is 8.60. The van der Waals surface area contributed by atoms with Crippen molar-refractivity contribution in [2.75, 3.05) is 20.6 Å². The zero-order valence-corrected chi connectivity index (χ0v) is 17.1. The van der Waals surface area contributed by atoms with Crippen molar-refractivity contribution in [3.8, 4) is 11.4 Å². The predicted molar refractivity (Wildman–Crippen MR) is 105 cm³/mol. The summed E-state index contributed by atoms with van der Waals surface area (Å²) in [7, 11) is 4.15. The second-order valence-electron chi connectivity index (χ2n) is 5.54. The number of carboxylic acids is 4. The van der Waals surface area contributed by atoms with Crippen LogP contribution in [0.3, 0.4) is 0 Å². The summed E-state index contributed by atoms with van der Waals surface area (Å²) >= 11 is 3.47. The third kappa shape index (κ3) is 11.9. The van der Waals surface area contributed by atoms with Crippen molar-refractivity contribution in [2.24, 2.45) is 0 Å². The Kier molecular flexibility index (Phi) is 11.6. The van der Waals surface area contributed by atoms with E-state index in [0.717, 1.165) is 28.8 Å². The number of imidazole rings is 1. The Bertz CT molecular complexity index is 803. The van der Waals surface area contributed by atoms with Crippen LogP contribution in [-0.2, 0) is 25.6 Å². The summed E-state index contributed by atoms with van der Waals surface area (Å²) in [5.74, 6) is -6.37. The van der Waals surface area contributed by atoms with Crippen LogP contribution in [0, 0.1) is 0 Å². The van der Waals surface area contributed by atoms with Gasteiger partial charge >= 0.3 is 23.9 Å². The molecule has 158 valence electrons. The van der Waals surface area contributed by atoms with Crippen molar-refractivity contribution >= 4 is 39.8 Å². The van der Waals surface area contributed by atoms with E-state index in [-0.39, 0.29) is 0 Å². The number of carboxylic acid groups (broad SMARTS) is 4. The van der Waals surface area contributed by atoms with Crippen LogP contribution in [0.2, 0.25) is 0 Å². The fourth-order valence-corrected chi connectivity index (χ4v) is 2.01. The lowest BCUT2D eigenvalue weighted by Gasteiger charge is -2.07. The van der Waals surface area contributed by atoms with Gasteiger partial charge in [0.1, 0.15) is 5.82 Å². The number of hydrogen-bond donors (Lipinski definition) is 5. The molecule has 0 fully saturated rings. The van der Waals surface area contributed by atoms with Crippen LogP contribution >= 0.6 is 15.9 Å². The minimum absolute atomic E-state index is 0.931. The fraction of sp³-hybridized carbons (Fsp3) is 0.235. The molecule has 29 heavy (non-hydrogen) atoms. The highest BCUT2D eigenvalue weighted by Gasteiger charge is 2.05. The third-order valence-electron chi connectivity index (χ3n) is 2.92. The molecule has 0 radical (unpaired) electrons. The van der Waals surface area contributed by atoms with Crippen molar-refractivity contribution in [3.05, 3.63) is 40.6 Å². The first-order valence-electron chi connectivity index (χ1n) is 7.81. The predicted octanol–water partition coefficient (Wildman–Crippen LogP) is 1.25. The minimum Gasteiger partial charge on any atom is -0.473 e. The number of likely N-dealkylation sites (N-methyl/N-ethyl adjacent to an activating group) is 1. The number of benzene rings is 1. The van der Waals surface area contributed by atoms with E-state index < -0.39 is 23.9 Å². The largest absolute Gasteiger partial charge is 0.473 e. The molecule has 1 aromatic heterocycles. The molecule has 5 N–H and O–H groups in total. The number of aromatic amines is 1. The average Bonchev–Trinajstić information content (AvgIpc) is 3.10. The molecule has 0 aliphatic rings. The van der Waals surface area contributed by atoms with Crippen molar-refractivity contribution < 1.29 is 39.6 Å². The average molecular weight is 474 g/mol. The Morgan fingerprint density at radius 3 is 1.93 bits per heavy atom. The second kappa shape index (κ2) is 13.0. The van der Waals surface area contributed by atoms with Gasteiger partial charge in [0.25, 0.3) is 0 Å². The smallest absolute Gasteiger partial charge is 0.414 e. The Hall–Kier alpha value is -3.25. The van der Waals surface area contributed by atoms with E-state index >= 15 is 0 Å². The molecule has 1 aromatic carbocycles. The standard InChI is InChI=1S/C13H16BrN3.2C2H2O4/c1-17(2)7-6-12-9-15-13(16-12)10-4-3-5-11(14)8-10;2*3-1(4)2(5)6/h3-5,8-9H,6-7H2,1-2H3,(H,15,16);2*(H,3,4)(H,5,6). The summed E-state index contributed by atoms with van der Waals surface area (Å²) in [6.07, 6.45) is 2.91. The van der Waals surface area contributed by atoms with E-state index in [1.807, 2.05) is 18.3 Å². The van der Waals surface area contributed by atoms with Gasteiger partial charge in [0, 0.05) is 34.9 Å². The molecule has 0 bridgehead atoms. The van der Waals surface area contributed by atoms with Gasteiger partial charge in [-0.3, -0.25) is 0 Å². The van der Waals surface area contributed by atoms with Crippen molar-refractivity contribution in [2.45, 2.75) is 6.42 Å². The molecule has 0 amide bonds. The first-order chi connectivity index (χ1) is 13.4. The summed E-state index contributed by atoms with van der Waals surface area (Å²) in [6, 6.07) is 8.15. The van der Waals surface area contributed by atoms with Gasteiger partial charge in [-0.1, -0.05) is 28.1 Å². The van der Waals surface area contributed by atoms with Crippen LogP contribution in [0.15, 0.2) is 34.9 Å². The van der Waals surface area contributed by atoms with Crippen LogP contribution in [-0.4, -0.2) is 79.8 Å². The molecular formula is C17H20BrN3O8. The molecule has 0 atom stereocenters. The number of nitrogens with one attached hydrogen (secondary N) is 1. The van der Waals surface area contributed by atoms with Gasteiger partial charge in [-0.05, 0) is 26.2 Å². The van der Waals surface area contributed by atoms with Gasteiger partial charge in [-0.2, -0.15) is 0 Å². The normalized spacial score (nSPS) is 9.52. The van der Waals surface area contributed by atoms with Gasteiger partial charge < -0.3 is 30.3 Å². The molecular weight excluding hydrogens is 454 g/mol. The minimum atomic E-state index is -1.82. The van der Waals surface area contributed by atoms with Crippen LogP contribution in [0.4, 0.5) is 0 Å². The zero-order chi connectivity index (χ0) is 22.6. The fourth-order valence-electron chi connectivity index (χ4n) is 1.61. The molecule has 0 saturated carbocycles. The molecule has 2 aromatic rings. The third-order valence-corrected chi connectivity index (χ3v) is 3.41. The monoisotopic (exact) mass is 473 g/mol. The van der Waals surface area contributed by atoms with E-state index in [1.165, 1.54) is 5.69 Å². The SMILES string of the molecule is CN(C)CCc1cnc(-c2cccc(Br)c2)[nH]1.O=C(O)C(=O)O.O=C(O)C(=O)O. The second-order valence-corrected chi connectivity index (χ2v) is 6.46. The van der Waals surface area contributed by atoms with Crippen molar-refractivity contribution in [1.29, 1.82) is 0 Å². The van der Waals surface area contributed by atoms with Gasteiger partial charge in [0.15, 0.2) is 0 Å². The van der Waals surface area contributed by atoms with Gasteiger partial charge in [0.2, 0.25) is 0 Å². The van der Waals surface area contributed by atoms with Crippen LogP contribution in [0.1, 0.15) is 5.69 Å². The number of H-pyrrole nitrogens is 1. The molecule has 1 heterocycles. The molecule has 0 aliphatic carbocycles. The lowest BCUT2D eigenvalue weighted by molar-refractivity contribution is -0.159. The summed E-state index contributed by atoms with van der Waals surface area (Å²) in [4.78, 5) is 46.3. The summed E-state index contributed by atoms with van der Waals surface area (Å²) in [6.45, 7) is 1.03. The molecule has 0 saturated heterocycles. The number of rotatable bonds is 4. The topological polar surface area (TPSA) is 181 Å². The maximum Gasteiger partial charge on any atom is 0.414 e. The van der Waals surface area contributed by atoms with E-state index in [0.29, 0.717) is 0 Å². The number of halogens is 1. The maximum absolute atomic E-state index is 9.10. The first kappa shape index (κ1) is 25.8. The number of aromatic nitrogens is 2. The molecule has 0 unspecified atom stereocenters. The van der Waals surface area contributed by atoms with Crippen LogP contribution < -0.4 is 0 Å². The maximum atomic E-state index is 9.10. The van der Waals surface area contributed by atoms with E-state index in [2.05, 4.69) is 57.0 Å². The Balaban J connectivity index is 0.000000542. The van der Waals surface area contributed by atoms with Crippen molar-refractivity contribution in [1.82, 2.24) is 14.9 Å². The lowest BCUT2D eigenvalue weighted by atomic mass is 10.2.